The number of nitrogens with zero attached hydrogens (tertiary/aromatic N) is 5. The van der Waals surface area contributed by atoms with Gasteiger partial charge in [0.25, 0.3) is 0 Å². The monoisotopic (exact) mass is 299 g/mol. The topological polar surface area (TPSA) is 64.0 Å². The smallest absolute Gasteiger partial charge is 0.125 e. The standard InChI is InChI=1S/C16H21N5O/c1-13-19-8-14(9-20-13)11-21-6-7-22-12-16(21)3-2-15-10-17-4-5-18-15/h4-5,8-10,16H,2-3,6-7,11-12H2,1H3/t16-/m1/s1. The summed E-state index contributed by atoms with van der Waals surface area (Å²) in [6, 6.07) is 0.400. The molecule has 1 atom stereocenters. The average molecular weight is 299 g/mol. The van der Waals surface area contributed by atoms with E-state index in [-0.39, 0.29) is 0 Å². The van der Waals surface area contributed by atoms with Crippen molar-refractivity contribution in [3.63, 3.8) is 0 Å². The van der Waals surface area contributed by atoms with E-state index in [1.165, 1.54) is 0 Å². The fourth-order valence-electron chi connectivity index (χ4n) is 2.67. The largest absolute Gasteiger partial charge is 0.378 e. The predicted molar refractivity (Wildman–Crippen MR) is 82.1 cm³/mol. The number of aromatic nitrogens is 4. The molecule has 116 valence electrons. The van der Waals surface area contributed by atoms with E-state index < -0.39 is 0 Å². The van der Waals surface area contributed by atoms with E-state index in [9.17, 15) is 0 Å². The third-order valence-electron chi connectivity index (χ3n) is 3.92. The lowest BCUT2D eigenvalue weighted by Gasteiger charge is -2.35. The molecule has 3 rings (SSSR count). The molecule has 0 radical (unpaired) electrons. The Hall–Kier alpha value is -1.92. The molecule has 0 unspecified atom stereocenters. The average Bonchev–Trinajstić information content (AvgIpc) is 2.57. The number of ether oxygens (including phenoxy) is 1. The van der Waals surface area contributed by atoms with Gasteiger partial charge in [0.1, 0.15) is 5.82 Å². The molecule has 3 heterocycles. The molecule has 0 N–H and O–H groups in total. The Balaban J connectivity index is 1.59. The van der Waals surface area contributed by atoms with Gasteiger partial charge in [-0.1, -0.05) is 0 Å². The Bertz CT molecular complexity index is 575. The van der Waals surface area contributed by atoms with E-state index in [0.29, 0.717) is 6.04 Å². The van der Waals surface area contributed by atoms with Crippen LogP contribution in [0.5, 0.6) is 0 Å². The lowest BCUT2D eigenvalue weighted by molar-refractivity contribution is -0.0145. The Kier molecular flexibility index (Phi) is 5.03. The van der Waals surface area contributed by atoms with Gasteiger partial charge in [0.05, 0.1) is 18.9 Å². The first-order valence-corrected chi connectivity index (χ1v) is 7.65. The van der Waals surface area contributed by atoms with Crippen molar-refractivity contribution in [2.45, 2.75) is 32.4 Å². The molecule has 1 aliphatic rings. The third kappa shape index (κ3) is 4.05. The minimum absolute atomic E-state index is 0.400. The molecular formula is C16H21N5O. The third-order valence-corrected chi connectivity index (χ3v) is 3.92. The van der Waals surface area contributed by atoms with Crippen molar-refractivity contribution < 1.29 is 4.74 Å². The molecule has 2 aromatic heterocycles. The quantitative estimate of drug-likeness (QED) is 0.832. The van der Waals surface area contributed by atoms with Crippen molar-refractivity contribution in [2.24, 2.45) is 0 Å². The molecule has 0 bridgehead atoms. The van der Waals surface area contributed by atoms with Crippen LogP contribution in [-0.2, 0) is 17.7 Å². The molecule has 6 heteroatoms. The molecule has 0 spiro atoms. The number of aryl methyl sites for hydroxylation is 2. The molecule has 0 aliphatic carbocycles. The van der Waals surface area contributed by atoms with Crippen molar-refractivity contribution >= 4 is 0 Å². The summed E-state index contributed by atoms with van der Waals surface area (Å²) in [5, 5.41) is 0. The van der Waals surface area contributed by atoms with Gasteiger partial charge in [-0.25, -0.2) is 9.97 Å². The second kappa shape index (κ2) is 7.38. The molecule has 0 aromatic carbocycles. The zero-order chi connectivity index (χ0) is 15.2. The number of morpholine rings is 1. The summed E-state index contributed by atoms with van der Waals surface area (Å²) in [6.45, 7) is 5.28. The van der Waals surface area contributed by atoms with Crippen molar-refractivity contribution in [3.8, 4) is 0 Å². The Morgan fingerprint density at radius 2 is 2.05 bits per heavy atom. The second-order valence-corrected chi connectivity index (χ2v) is 5.57. The molecule has 22 heavy (non-hydrogen) atoms. The zero-order valence-electron chi connectivity index (χ0n) is 12.9. The SMILES string of the molecule is Cc1ncc(CN2CCOC[C@H]2CCc2cnccn2)cn1. The maximum atomic E-state index is 5.65. The molecule has 0 saturated carbocycles. The van der Waals surface area contributed by atoms with E-state index >= 15 is 0 Å². The fourth-order valence-corrected chi connectivity index (χ4v) is 2.67. The molecule has 2 aromatic rings. The molecule has 1 saturated heterocycles. The normalized spacial score (nSPS) is 19.2. The van der Waals surface area contributed by atoms with Gasteiger partial charge in [0.15, 0.2) is 0 Å². The summed E-state index contributed by atoms with van der Waals surface area (Å²) in [6.07, 6.45) is 11.1. The van der Waals surface area contributed by atoms with Crippen molar-refractivity contribution in [1.82, 2.24) is 24.8 Å². The molecule has 1 fully saturated rings. The van der Waals surface area contributed by atoms with Crippen LogP contribution in [0.1, 0.15) is 23.5 Å². The van der Waals surface area contributed by atoms with Gasteiger partial charge < -0.3 is 4.74 Å². The zero-order valence-corrected chi connectivity index (χ0v) is 12.9. The van der Waals surface area contributed by atoms with Crippen LogP contribution in [0.15, 0.2) is 31.0 Å². The number of hydrogen-bond acceptors (Lipinski definition) is 6. The fraction of sp³-hybridized carbons (Fsp3) is 0.500. The van der Waals surface area contributed by atoms with Crippen LogP contribution >= 0.6 is 0 Å². The molecular weight excluding hydrogens is 278 g/mol. The highest BCUT2D eigenvalue weighted by Gasteiger charge is 2.23. The van der Waals surface area contributed by atoms with Crippen molar-refractivity contribution in [2.75, 3.05) is 19.8 Å². The predicted octanol–water partition coefficient (Wildman–Crippen LogP) is 1.41. The Morgan fingerprint density at radius 3 is 2.82 bits per heavy atom. The summed E-state index contributed by atoms with van der Waals surface area (Å²) in [5.41, 5.74) is 2.18. The van der Waals surface area contributed by atoms with E-state index in [1.807, 2.05) is 25.5 Å². The Morgan fingerprint density at radius 1 is 1.18 bits per heavy atom. The first kappa shape index (κ1) is 15.0. The Labute approximate surface area is 130 Å². The van der Waals surface area contributed by atoms with Crippen LogP contribution in [0.25, 0.3) is 0 Å². The number of hydrogen-bond donors (Lipinski definition) is 0. The first-order valence-electron chi connectivity index (χ1n) is 7.65. The minimum atomic E-state index is 0.400. The van der Waals surface area contributed by atoms with Crippen LogP contribution in [0.2, 0.25) is 0 Å². The van der Waals surface area contributed by atoms with E-state index in [1.54, 1.807) is 12.4 Å². The molecule has 1 aliphatic heterocycles. The van der Waals surface area contributed by atoms with Crippen LogP contribution in [0, 0.1) is 6.92 Å². The van der Waals surface area contributed by atoms with Gasteiger partial charge in [-0.3, -0.25) is 14.9 Å². The van der Waals surface area contributed by atoms with Crippen molar-refractivity contribution in [3.05, 3.63) is 48.1 Å². The van der Waals surface area contributed by atoms with Gasteiger partial charge in [-0.2, -0.15) is 0 Å². The van der Waals surface area contributed by atoms with E-state index in [4.69, 9.17) is 4.74 Å². The minimum Gasteiger partial charge on any atom is -0.378 e. The summed E-state index contributed by atoms with van der Waals surface area (Å²) < 4.78 is 5.65. The summed E-state index contributed by atoms with van der Waals surface area (Å²) in [5.74, 6) is 0.810. The lowest BCUT2D eigenvalue weighted by Crippen LogP contribution is -2.45. The van der Waals surface area contributed by atoms with Crippen LogP contribution in [0.4, 0.5) is 0 Å². The maximum Gasteiger partial charge on any atom is 0.125 e. The van der Waals surface area contributed by atoms with Gasteiger partial charge in [-0.05, 0) is 19.8 Å². The van der Waals surface area contributed by atoms with Crippen LogP contribution in [-0.4, -0.2) is 50.6 Å². The van der Waals surface area contributed by atoms with E-state index in [0.717, 1.165) is 56.2 Å². The number of rotatable bonds is 5. The van der Waals surface area contributed by atoms with Crippen LogP contribution in [0.3, 0.4) is 0 Å². The van der Waals surface area contributed by atoms with Gasteiger partial charge in [0.2, 0.25) is 0 Å². The van der Waals surface area contributed by atoms with Gasteiger partial charge >= 0.3 is 0 Å². The highest BCUT2D eigenvalue weighted by Crippen LogP contribution is 2.16. The van der Waals surface area contributed by atoms with Gasteiger partial charge in [0, 0.05) is 55.7 Å². The van der Waals surface area contributed by atoms with Gasteiger partial charge in [-0.15, -0.1) is 0 Å². The summed E-state index contributed by atoms with van der Waals surface area (Å²) >= 11 is 0. The second-order valence-electron chi connectivity index (χ2n) is 5.57. The summed E-state index contributed by atoms with van der Waals surface area (Å²) in [4.78, 5) is 19.5. The van der Waals surface area contributed by atoms with E-state index in [2.05, 4.69) is 24.8 Å². The first-order chi connectivity index (χ1) is 10.8. The van der Waals surface area contributed by atoms with Crippen molar-refractivity contribution in [1.29, 1.82) is 0 Å². The maximum absolute atomic E-state index is 5.65. The summed E-state index contributed by atoms with van der Waals surface area (Å²) in [7, 11) is 0. The highest BCUT2D eigenvalue weighted by atomic mass is 16.5. The van der Waals surface area contributed by atoms with Crippen LogP contribution < -0.4 is 0 Å². The lowest BCUT2D eigenvalue weighted by atomic mass is 10.1. The molecule has 0 amide bonds. The molecule has 6 nitrogen and oxygen atoms in total. The highest BCUT2D eigenvalue weighted by molar-refractivity contribution is 5.05.